The van der Waals surface area contributed by atoms with Crippen LogP contribution in [0.4, 0.5) is 0 Å². The van der Waals surface area contributed by atoms with Gasteiger partial charge in [-0.15, -0.1) is 0 Å². The van der Waals surface area contributed by atoms with Crippen LogP contribution in [-0.2, 0) is 0 Å². The first-order valence-electron chi connectivity index (χ1n) is 7.55. The molecule has 3 rings (SSSR count). The summed E-state index contributed by atoms with van der Waals surface area (Å²) >= 11 is 15.4. The fourth-order valence-electron chi connectivity index (χ4n) is 2.22. The highest BCUT2D eigenvalue weighted by Crippen LogP contribution is 2.29. The molecule has 1 heterocycles. The van der Waals surface area contributed by atoms with Crippen molar-refractivity contribution in [3.8, 4) is 11.3 Å². The van der Waals surface area contributed by atoms with Gasteiger partial charge in [-0.25, -0.2) is 5.43 Å². The van der Waals surface area contributed by atoms with Gasteiger partial charge < -0.3 is 0 Å². The summed E-state index contributed by atoms with van der Waals surface area (Å²) in [5, 5.41) is 11.9. The number of aromatic amines is 1. The first kappa shape index (κ1) is 18.6. The number of carbonyl (C=O) groups excluding carboxylic acids is 1. The lowest BCUT2D eigenvalue weighted by Gasteiger charge is -2.02. The number of nitrogens with zero attached hydrogens (tertiary/aromatic N) is 2. The molecule has 0 spiro atoms. The molecule has 0 radical (unpaired) electrons. The molecule has 0 fully saturated rings. The summed E-state index contributed by atoms with van der Waals surface area (Å²) in [5.74, 6) is -0.398. The first-order valence-corrected chi connectivity index (χ1v) is 9.10. The monoisotopic (exact) mass is 450 g/mol. The molecule has 0 aliphatic carbocycles. The van der Waals surface area contributed by atoms with Crippen LogP contribution in [0.15, 0.2) is 58.1 Å². The molecule has 0 atom stereocenters. The molecule has 2 N–H and O–H groups in total. The number of nitrogens with one attached hydrogen (secondary N) is 2. The van der Waals surface area contributed by atoms with Crippen LogP contribution in [0.5, 0.6) is 0 Å². The third kappa shape index (κ3) is 4.33. The normalized spacial score (nSPS) is 11.5. The molecule has 0 saturated heterocycles. The van der Waals surface area contributed by atoms with E-state index in [1.165, 1.54) is 0 Å². The fraction of sp³-hybridized carbons (Fsp3) is 0.0556. The van der Waals surface area contributed by atoms with Gasteiger partial charge >= 0.3 is 0 Å². The van der Waals surface area contributed by atoms with Crippen LogP contribution in [0.1, 0.15) is 23.0 Å². The van der Waals surface area contributed by atoms with Gasteiger partial charge in [-0.1, -0.05) is 51.3 Å². The quantitative estimate of drug-likeness (QED) is 0.417. The van der Waals surface area contributed by atoms with Crippen LogP contribution in [-0.4, -0.2) is 21.8 Å². The van der Waals surface area contributed by atoms with E-state index in [0.717, 1.165) is 10.0 Å². The Hall–Kier alpha value is -2.15. The van der Waals surface area contributed by atoms with Crippen LogP contribution in [0.2, 0.25) is 10.0 Å². The highest BCUT2D eigenvalue weighted by atomic mass is 79.9. The molecular formula is C18H13BrCl2N4O. The van der Waals surface area contributed by atoms with Crippen molar-refractivity contribution in [2.24, 2.45) is 5.10 Å². The van der Waals surface area contributed by atoms with Crippen molar-refractivity contribution in [1.29, 1.82) is 0 Å². The summed E-state index contributed by atoms with van der Waals surface area (Å²) in [6.45, 7) is 1.81. The molecule has 8 heteroatoms. The molecule has 0 bridgehead atoms. The summed E-state index contributed by atoms with van der Waals surface area (Å²) in [6, 6.07) is 14.3. The van der Waals surface area contributed by atoms with E-state index in [9.17, 15) is 4.79 Å². The van der Waals surface area contributed by atoms with Crippen molar-refractivity contribution in [2.45, 2.75) is 6.92 Å². The standard InChI is InChI=1S/C18H13BrCl2N4O/c1-10(11-2-4-12(19)5-3-11)22-25-18(26)17-9-16(23-24-17)14-7-6-13(20)8-15(14)21/h2-9H,1H3,(H,23,24)(H,25,26). The molecular weight excluding hydrogens is 439 g/mol. The van der Waals surface area contributed by atoms with Crippen molar-refractivity contribution >= 4 is 50.8 Å². The van der Waals surface area contributed by atoms with Crippen molar-refractivity contribution < 1.29 is 4.79 Å². The van der Waals surface area contributed by atoms with Crippen molar-refractivity contribution in [3.05, 3.63) is 74.3 Å². The predicted octanol–water partition coefficient (Wildman–Crippen LogP) is 5.30. The Kier molecular flexibility index (Phi) is 5.76. The molecule has 0 aliphatic heterocycles. The molecule has 2 aromatic carbocycles. The van der Waals surface area contributed by atoms with E-state index >= 15 is 0 Å². The van der Waals surface area contributed by atoms with E-state index < -0.39 is 5.91 Å². The zero-order valence-corrected chi connectivity index (χ0v) is 16.7. The Morgan fingerprint density at radius 3 is 2.58 bits per heavy atom. The summed E-state index contributed by atoms with van der Waals surface area (Å²) in [5.41, 5.74) is 5.61. The second kappa shape index (κ2) is 8.03. The average Bonchev–Trinajstić information content (AvgIpc) is 3.10. The molecule has 5 nitrogen and oxygen atoms in total. The van der Waals surface area contributed by atoms with Gasteiger partial charge in [0.05, 0.1) is 16.4 Å². The molecule has 132 valence electrons. The van der Waals surface area contributed by atoms with Gasteiger partial charge in [0.25, 0.3) is 5.91 Å². The summed E-state index contributed by atoms with van der Waals surface area (Å²) in [4.78, 5) is 12.3. The van der Waals surface area contributed by atoms with E-state index in [1.54, 1.807) is 24.3 Å². The number of hydrazone groups is 1. The van der Waals surface area contributed by atoms with Crippen molar-refractivity contribution in [2.75, 3.05) is 0 Å². The molecule has 0 aliphatic rings. The molecule has 0 saturated carbocycles. The molecule has 0 unspecified atom stereocenters. The minimum atomic E-state index is -0.398. The van der Waals surface area contributed by atoms with Gasteiger partial charge in [-0.2, -0.15) is 10.2 Å². The fourth-order valence-corrected chi connectivity index (χ4v) is 2.99. The maximum absolute atomic E-state index is 12.3. The Morgan fingerprint density at radius 1 is 1.15 bits per heavy atom. The first-order chi connectivity index (χ1) is 12.4. The highest BCUT2D eigenvalue weighted by molar-refractivity contribution is 9.10. The zero-order chi connectivity index (χ0) is 18.7. The van der Waals surface area contributed by atoms with Crippen molar-refractivity contribution in [3.63, 3.8) is 0 Å². The summed E-state index contributed by atoms with van der Waals surface area (Å²) < 4.78 is 0.976. The predicted molar refractivity (Wildman–Crippen MR) is 108 cm³/mol. The minimum Gasteiger partial charge on any atom is -0.272 e. The Balaban J connectivity index is 1.74. The lowest BCUT2D eigenvalue weighted by Crippen LogP contribution is -2.19. The Morgan fingerprint density at radius 2 is 1.88 bits per heavy atom. The van der Waals surface area contributed by atoms with E-state index in [4.69, 9.17) is 23.2 Å². The van der Waals surface area contributed by atoms with Crippen LogP contribution < -0.4 is 5.43 Å². The van der Waals surface area contributed by atoms with Crippen LogP contribution in [0.25, 0.3) is 11.3 Å². The van der Waals surface area contributed by atoms with E-state index in [-0.39, 0.29) is 5.69 Å². The number of carbonyl (C=O) groups is 1. The van der Waals surface area contributed by atoms with Gasteiger partial charge in [-0.05, 0) is 48.9 Å². The third-order valence-electron chi connectivity index (χ3n) is 3.62. The molecule has 26 heavy (non-hydrogen) atoms. The summed E-state index contributed by atoms with van der Waals surface area (Å²) in [7, 11) is 0. The number of amides is 1. The summed E-state index contributed by atoms with van der Waals surface area (Å²) in [6.07, 6.45) is 0. The highest BCUT2D eigenvalue weighted by Gasteiger charge is 2.13. The topological polar surface area (TPSA) is 70.1 Å². The second-order valence-corrected chi connectivity index (χ2v) is 7.20. The second-order valence-electron chi connectivity index (χ2n) is 5.44. The number of hydrogen-bond donors (Lipinski definition) is 2. The number of rotatable bonds is 4. The average molecular weight is 452 g/mol. The van der Waals surface area contributed by atoms with E-state index in [1.807, 2.05) is 31.2 Å². The smallest absolute Gasteiger partial charge is 0.272 e. The number of hydrogen-bond acceptors (Lipinski definition) is 3. The number of benzene rings is 2. The zero-order valence-electron chi connectivity index (χ0n) is 13.6. The lowest BCUT2D eigenvalue weighted by molar-refractivity contribution is 0.0950. The lowest BCUT2D eigenvalue weighted by atomic mass is 10.1. The van der Waals surface area contributed by atoms with Crippen LogP contribution >= 0.6 is 39.1 Å². The van der Waals surface area contributed by atoms with Gasteiger partial charge in [0.15, 0.2) is 0 Å². The third-order valence-corrected chi connectivity index (χ3v) is 4.69. The van der Waals surface area contributed by atoms with E-state index in [2.05, 4.69) is 36.7 Å². The largest absolute Gasteiger partial charge is 0.289 e. The van der Waals surface area contributed by atoms with Gasteiger partial charge in [0.1, 0.15) is 5.69 Å². The minimum absolute atomic E-state index is 0.276. The van der Waals surface area contributed by atoms with Gasteiger partial charge in [0.2, 0.25) is 0 Å². The van der Waals surface area contributed by atoms with Crippen LogP contribution in [0.3, 0.4) is 0 Å². The van der Waals surface area contributed by atoms with Crippen molar-refractivity contribution in [1.82, 2.24) is 15.6 Å². The SMILES string of the molecule is CC(=NNC(=O)c1cc(-c2ccc(Cl)cc2Cl)n[nH]1)c1ccc(Br)cc1. The molecule has 1 aromatic heterocycles. The molecule has 3 aromatic rings. The van der Waals surface area contributed by atoms with Gasteiger partial charge in [-0.3, -0.25) is 9.89 Å². The maximum Gasteiger partial charge on any atom is 0.289 e. The van der Waals surface area contributed by atoms with E-state index in [0.29, 0.717) is 27.0 Å². The van der Waals surface area contributed by atoms with Gasteiger partial charge in [0, 0.05) is 15.1 Å². The Labute approximate surface area is 168 Å². The molecule has 1 amide bonds. The number of halogens is 3. The maximum atomic E-state index is 12.3. The Bertz CT molecular complexity index is 983. The number of aromatic nitrogens is 2. The number of H-pyrrole nitrogens is 1. The van der Waals surface area contributed by atoms with Crippen LogP contribution in [0, 0.1) is 0 Å².